The lowest BCUT2D eigenvalue weighted by molar-refractivity contribution is -0.146. The molecule has 0 amide bonds. The van der Waals surface area contributed by atoms with E-state index in [1.54, 1.807) is 0 Å². The zero-order valence-corrected chi connectivity index (χ0v) is 7.12. The second kappa shape index (κ2) is 2.90. The second-order valence-corrected chi connectivity index (χ2v) is 3.29. The fraction of sp³-hybridized carbons (Fsp3) is 0.667. The molecule has 2 rings (SSSR count). The van der Waals surface area contributed by atoms with Gasteiger partial charge in [-0.25, -0.2) is 0 Å². The van der Waals surface area contributed by atoms with Gasteiger partial charge in [-0.1, -0.05) is 12.2 Å². The van der Waals surface area contributed by atoms with E-state index in [2.05, 4.69) is 17.5 Å². The van der Waals surface area contributed by atoms with Gasteiger partial charge in [-0.15, -0.1) is 0 Å². The van der Waals surface area contributed by atoms with Crippen LogP contribution in [-0.4, -0.2) is 24.7 Å². The minimum atomic E-state index is -0.102. The Balaban J connectivity index is 1.98. The topological polar surface area (TPSA) is 38.3 Å². The van der Waals surface area contributed by atoms with Gasteiger partial charge in [0.2, 0.25) is 0 Å². The molecule has 3 heteroatoms. The number of hydrogen-bond acceptors (Lipinski definition) is 3. The SMILES string of the molecule is CCOC(=O)C1N[C@@H]2C=C[C@H]1C2. The van der Waals surface area contributed by atoms with Gasteiger partial charge in [-0.3, -0.25) is 10.1 Å². The van der Waals surface area contributed by atoms with Crippen LogP contribution in [0.3, 0.4) is 0 Å². The molecule has 1 N–H and O–H groups in total. The van der Waals surface area contributed by atoms with E-state index in [0.717, 1.165) is 6.42 Å². The van der Waals surface area contributed by atoms with Crippen LogP contribution >= 0.6 is 0 Å². The first kappa shape index (κ1) is 7.80. The number of carbonyl (C=O) groups excluding carboxylic acids is 1. The maximum atomic E-state index is 11.3. The Morgan fingerprint density at radius 2 is 2.50 bits per heavy atom. The highest BCUT2D eigenvalue weighted by atomic mass is 16.5. The molecule has 0 aromatic carbocycles. The van der Waals surface area contributed by atoms with Gasteiger partial charge in [0.05, 0.1) is 6.61 Å². The molecule has 0 saturated carbocycles. The molecular formula is C9H13NO2. The summed E-state index contributed by atoms with van der Waals surface area (Å²) in [5, 5.41) is 3.21. The molecule has 0 aromatic heterocycles. The molecule has 0 aromatic rings. The van der Waals surface area contributed by atoms with E-state index < -0.39 is 0 Å². The number of esters is 1. The molecule has 1 aliphatic carbocycles. The zero-order valence-electron chi connectivity index (χ0n) is 7.12. The number of fused-ring (bicyclic) bond motifs is 2. The van der Waals surface area contributed by atoms with Crippen molar-refractivity contribution in [1.82, 2.24) is 5.32 Å². The Morgan fingerprint density at radius 1 is 1.67 bits per heavy atom. The quantitative estimate of drug-likeness (QED) is 0.480. The van der Waals surface area contributed by atoms with Crippen molar-refractivity contribution in [2.45, 2.75) is 25.4 Å². The van der Waals surface area contributed by atoms with Gasteiger partial charge in [-0.05, 0) is 13.3 Å². The lowest BCUT2D eigenvalue weighted by Crippen LogP contribution is -2.40. The van der Waals surface area contributed by atoms with Gasteiger partial charge in [0.1, 0.15) is 6.04 Å². The Labute approximate surface area is 71.8 Å². The molecule has 66 valence electrons. The van der Waals surface area contributed by atoms with Crippen LogP contribution in [0, 0.1) is 5.92 Å². The first-order valence-corrected chi connectivity index (χ1v) is 4.42. The van der Waals surface area contributed by atoms with Crippen molar-refractivity contribution in [3.63, 3.8) is 0 Å². The summed E-state index contributed by atoms with van der Waals surface area (Å²) in [5.41, 5.74) is 0. The van der Waals surface area contributed by atoms with Gasteiger partial charge in [0, 0.05) is 12.0 Å². The third kappa shape index (κ3) is 1.14. The van der Waals surface area contributed by atoms with Crippen LogP contribution in [0.4, 0.5) is 0 Å². The molecule has 3 nitrogen and oxygen atoms in total. The van der Waals surface area contributed by atoms with E-state index in [9.17, 15) is 4.79 Å². The number of nitrogens with one attached hydrogen (secondary N) is 1. The molecule has 1 unspecified atom stereocenters. The molecule has 1 fully saturated rings. The van der Waals surface area contributed by atoms with Gasteiger partial charge < -0.3 is 4.74 Å². The first-order valence-electron chi connectivity index (χ1n) is 4.42. The highest BCUT2D eigenvalue weighted by Crippen LogP contribution is 2.29. The summed E-state index contributed by atoms with van der Waals surface area (Å²) in [5.74, 6) is 0.267. The van der Waals surface area contributed by atoms with Crippen LogP contribution in [0.2, 0.25) is 0 Å². The average Bonchev–Trinajstić information content (AvgIpc) is 2.64. The molecule has 1 heterocycles. The lowest BCUT2D eigenvalue weighted by atomic mass is 10.0. The third-order valence-corrected chi connectivity index (χ3v) is 2.48. The van der Waals surface area contributed by atoms with Crippen LogP contribution in [-0.2, 0) is 9.53 Å². The standard InChI is InChI=1S/C9H13NO2/c1-2-12-9(11)8-6-3-4-7(5-6)10-8/h3-4,6-8,10H,2,5H2,1H3/t6-,7+,8?/m0/s1. The Hall–Kier alpha value is -0.830. The maximum Gasteiger partial charge on any atom is 0.323 e. The first-order chi connectivity index (χ1) is 5.81. The Bertz CT molecular complexity index is 225. The van der Waals surface area contributed by atoms with Crippen LogP contribution in [0.15, 0.2) is 12.2 Å². The van der Waals surface area contributed by atoms with Crippen molar-refractivity contribution < 1.29 is 9.53 Å². The van der Waals surface area contributed by atoms with Crippen LogP contribution in [0.1, 0.15) is 13.3 Å². The van der Waals surface area contributed by atoms with Gasteiger partial charge >= 0.3 is 5.97 Å². The number of ether oxygens (including phenoxy) is 1. The molecule has 1 aliphatic heterocycles. The largest absolute Gasteiger partial charge is 0.465 e. The monoisotopic (exact) mass is 167 g/mol. The van der Waals surface area contributed by atoms with Crippen LogP contribution < -0.4 is 5.32 Å². The summed E-state index contributed by atoms with van der Waals surface area (Å²) >= 11 is 0. The molecule has 0 radical (unpaired) electrons. The van der Waals surface area contributed by atoms with E-state index in [1.807, 2.05) is 6.92 Å². The smallest absolute Gasteiger partial charge is 0.323 e. The van der Waals surface area contributed by atoms with Crippen molar-refractivity contribution >= 4 is 5.97 Å². The molecule has 2 aliphatic rings. The van der Waals surface area contributed by atoms with E-state index in [-0.39, 0.29) is 12.0 Å². The minimum Gasteiger partial charge on any atom is -0.465 e. The van der Waals surface area contributed by atoms with Crippen molar-refractivity contribution in [2.24, 2.45) is 5.92 Å². The summed E-state index contributed by atoms with van der Waals surface area (Å²) in [6.45, 7) is 2.30. The number of hydrogen-bond donors (Lipinski definition) is 1. The van der Waals surface area contributed by atoms with E-state index >= 15 is 0 Å². The van der Waals surface area contributed by atoms with Gasteiger partial charge in [-0.2, -0.15) is 0 Å². The third-order valence-electron chi connectivity index (χ3n) is 2.48. The molecular weight excluding hydrogens is 154 g/mol. The summed E-state index contributed by atoms with van der Waals surface area (Å²) in [7, 11) is 0. The van der Waals surface area contributed by atoms with Gasteiger partial charge in [0.25, 0.3) is 0 Å². The van der Waals surface area contributed by atoms with E-state index in [1.165, 1.54) is 0 Å². The molecule has 1 saturated heterocycles. The fourth-order valence-corrected chi connectivity index (χ4v) is 1.93. The summed E-state index contributed by atoms with van der Waals surface area (Å²) < 4.78 is 4.94. The molecule has 0 spiro atoms. The highest BCUT2D eigenvalue weighted by Gasteiger charge is 2.39. The predicted octanol–water partition coefficient (Wildman–Crippen LogP) is 0.466. The van der Waals surface area contributed by atoms with Crippen LogP contribution in [0.25, 0.3) is 0 Å². The Kier molecular flexibility index (Phi) is 1.89. The van der Waals surface area contributed by atoms with Crippen molar-refractivity contribution in [1.29, 1.82) is 0 Å². The molecule has 3 atom stereocenters. The van der Waals surface area contributed by atoms with E-state index in [0.29, 0.717) is 18.6 Å². The zero-order chi connectivity index (χ0) is 8.55. The molecule has 12 heavy (non-hydrogen) atoms. The average molecular weight is 167 g/mol. The summed E-state index contributed by atoms with van der Waals surface area (Å²) in [6, 6.07) is 0.323. The van der Waals surface area contributed by atoms with Crippen LogP contribution in [0.5, 0.6) is 0 Å². The van der Waals surface area contributed by atoms with E-state index in [4.69, 9.17) is 4.74 Å². The van der Waals surface area contributed by atoms with Crippen molar-refractivity contribution in [2.75, 3.05) is 6.61 Å². The number of carbonyl (C=O) groups is 1. The summed E-state index contributed by atoms with van der Waals surface area (Å²) in [4.78, 5) is 11.3. The minimum absolute atomic E-state index is 0.0834. The fourth-order valence-electron chi connectivity index (χ4n) is 1.93. The normalized spacial score (nSPS) is 37.2. The molecule has 2 bridgehead atoms. The van der Waals surface area contributed by atoms with Gasteiger partial charge in [0.15, 0.2) is 0 Å². The van der Waals surface area contributed by atoms with Crippen molar-refractivity contribution in [3.8, 4) is 0 Å². The maximum absolute atomic E-state index is 11.3. The van der Waals surface area contributed by atoms with Crippen molar-refractivity contribution in [3.05, 3.63) is 12.2 Å². The summed E-state index contributed by atoms with van der Waals surface area (Å²) in [6.07, 6.45) is 5.30. The number of rotatable bonds is 2. The predicted molar refractivity (Wildman–Crippen MR) is 44.6 cm³/mol. The second-order valence-electron chi connectivity index (χ2n) is 3.29. The Morgan fingerprint density at radius 3 is 3.00 bits per heavy atom. The highest BCUT2D eigenvalue weighted by molar-refractivity contribution is 5.77. The lowest BCUT2D eigenvalue weighted by Gasteiger charge is -2.17.